The van der Waals surface area contributed by atoms with Gasteiger partial charge < -0.3 is 25.4 Å². The summed E-state index contributed by atoms with van der Waals surface area (Å²) in [6, 6.07) is 7.14. The molecule has 1 aromatic rings. The summed E-state index contributed by atoms with van der Waals surface area (Å²) >= 11 is 0. The second kappa shape index (κ2) is 12.2. The van der Waals surface area contributed by atoms with Gasteiger partial charge in [-0.1, -0.05) is 12.1 Å². The van der Waals surface area contributed by atoms with Crippen molar-refractivity contribution in [3.63, 3.8) is 0 Å². The summed E-state index contributed by atoms with van der Waals surface area (Å²) < 4.78 is 4.95. The first-order chi connectivity index (χ1) is 9.63. The zero-order chi connectivity index (χ0) is 15.2. The fourth-order valence-electron chi connectivity index (χ4n) is 1.17. The van der Waals surface area contributed by atoms with E-state index in [4.69, 9.17) is 20.1 Å². The van der Waals surface area contributed by atoms with Gasteiger partial charge in [-0.05, 0) is 23.8 Å². The van der Waals surface area contributed by atoms with Crippen LogP contribution >= 0.6 is 0 Å². The first kappa shape index (κ1) is 18.1. The van der Waals surface area contributed by atoms with Crippen molar-refractivity contribution < 1.29 is 24.9 Å². The molecule has 0 aliphatic rings. The topological polar surface area (TPSA) is 99.0 Å². The van der Waals surface area contributed by atoms with Crippen molar-refractivity contribution in [1.29, 1.82) is 0 Å². The molecule has 1 aromatic carbocycles. The van der Waals surface area contributed by atoms with Crippen LogP contribution in [0.25, 0.3) is 6.08 Å². The van der Waals surface area contributed by atoms with Crippen LogP contribution in [0.2, 0.25) is 0 Å². The summed E-state index contributed by atoms with van der Waals surface area (Å²) in [7, 11) is 1.59. The van der Waals surface area contributed by atoms with Crippen LogP contribution in [0.5, 0.6) is 5.75 Å². The lowest BCUT2D eigenvalue weighted by atomic mass is 10.2. The van der Waals surface area contributed by atoms with Gasteiger partial charge in [0.05, 0.1) is 20.3 Å². The Labute approximate surface area is 118 Å². The van der Waals surface area contributed by atoms with Gasteiger partial charge in [0.2, 0.25) is 0 Å². The number of aliphatic hydroxyl groups excluding tert-OH is 2. The molecular formula is C14H21NO5. The number of methoxy groups -OCH3 is 1. The number of aliphatic hydroxyl groups is 2. The highest BCUT2D eigenvalue weighted by molar-refractivity contribution is 5.85. The highest BCUT2D eigenvalue weighted by Crippen LogP contribution is 2.11. The number of hydrogen-bond acceptors (Lipinski definition) is 5. The van der Waals surface area contributed by atoms with Crippen molar-refractivity contribution in [2.45, 2.75) is 0 Å². The fourth-order valence-corrected chi connectivity index (χ4v) is 1.17. The zero-order valence-electron chi connectivity index (χ0n) is 11.5. The maximum Gasteiger partial charge on any atom is 0.328 e. The van der Waals surface area contributed by atoms with E-state index in [-0.39, 0.29) is 13.2 Å². The Morgan fingerprint density at radius 2 is 1.75 bits per heavy atom. The number of ether oxygens (including phenoxy) is 1. The average Bonchev–Trinajstić information content (AvgIpc) is 2.47. The molecule has 0 saturated heterocycles. The van der Waals surface area contributed by atoms with E-state index < -0.39 is 5.97 Å². The summed E-state index contributed by atoms with van der Waals surface area (Å²) in [6.07, 6.45) is 2.63. The molecule has 1 rings (SSSR count). The molecule has 0 saturated carbocycles. The Kier molecular flexibility index (Phi) is 11.0. The minimum atomic E-state index is -0.948. The fraction of sp³-hybridized carbons (Fsp3) is 0.357. The maximum absolute atomic E-state index is 10.2. The molecule has 0 heterocycles. The minimum Gasteiger partial charge on any atom is -0.497 e. The Bertz CT molecular complexity index is 385. The monoisotopic (exact) mass is 283 g/mol. The third kappa shape index (κ3) is 10.1. The molecule has 0 amide bonds. The molecule has 0 fully saturated rings. The summed E-state index contributed by atoms with van der Waals surface area (Å²) in [5, 5.41) is 27.4. The molecule has 0 unspecified atom stereocenters. The van der Waals surface area contributed by atoms with Gasteiger partial charge in [0.1, 0.15) is 5.75 Å². The van der Waals surface area contributed by atoms with E-state index in [1.54, 1.807) is 31.4 Å². The van der Waals surface area contributed by atoms with E-state index in [1.165, 1.54) is 6.08 Å². The van der Waals surface area contributed by atoms with Crippen LogP contribution < -0.4 is 10.1 Å². The van der Waals surface area contributed by atoms with Gasteiger partial charge in [-0.15, -0.1) is 0 Å². The number of carboxylic acid groups (broad SMARTS) is 1. The Balaban J connectivity index is 0.000000441. The summed E-state index contributed by atoms with van der Waals surface area (Å²) in [6.45, 7) is 1.42. The van der Waals surface area contributed by atoms with E-state index >= 15 is 0 Å². The number of carboxylic acids is 1. The summed E-state index contributed by atoms with van der Waals surface area (Å²) in [4.78, 5) is 10.2. The van der Waals surface area contributed by atoms with Gasteiger partial charge in [0.15, 0.2) is 0 Å². The van der Waals surface area contributed by atoms with Gasteiger partial charge >= 0.3 is 5.97 Å². The minimum absolute atomic E-state index is 0.139. The lowest BCUT2D eigenvalue weighted by Gasteiger charge is -1.98. The number of nitrogens with one attached hydrogen (secondary N) is 1. The zero-order valence-corrected chi connectivity index (χ0v) is 11.5. The van der Waals surface area contributed by atoms with Crippen LogP contribution in [0.1, 0.15) is 5.56 Å². The van der Waals surface area contributed by atoms with Crippen LogP contribution in [0.4, 0.5) is 0 Å². The maximum atomic E-state index is 10.2. The van der Waals surface area contributed by atoms with Gasteiger partial charge in [0.25, 0.3) is 0 Å². The predicted molar refractivity (Wildman–Crippen MR) is 76.7 cm³/mol. The van der Waals surface area contributed by atoms with E-state index in [9.17, 15) is 4.79 Å². The quantitative estimate of drug-likeness (QED) is 0.426. The number of carbonyl (C=O) groups is 1. The van der Waals surface area contributed by atoms with E-state index in [2.05, 4.69) is 5.32 Å². The molecule has 0 atom stereocenters. The number of rotatable bonds is 7. The Hall–Kier alpha value is -1.89. The second-order valence-electron chi connectivity index (χ2n) is 3.64. The van der Waals surface area contributed by atoms with Crippen molar-refractivity contribution in [2.75, 3.05) is 33.4 Å². The molecule has 4 N–H and O–H groups in total. The Morgan fingerprint density at radius 3 is 2.15 bits per heavy atom. The van der Waals surface area contributed by atoms with Crippen LogP contribution in [-0.4, -0.2) is 54.7 Å². The SMILES string of the molecule is COc1ccc(/C=C/C(=O)O)cc1.OCCNCCO. The van der Waals surface area contributed by atoms with Crippen LogP contribution in [0.15, 0.2) is 30.3 Å². The smallest absolute Gasteiger partial charge is 0.328 e. The van der Waals surface area contributed by atoms with Crippen LogP contribution in [0.3, 0.4) is 0 Å². The summed E-state index contributed by atoms with van der Waals surface area (Å²) in [5.41, 5.74) is 0.836. The van der Waals surface area contributed by atoms with Crippen molar-refractivity contribution >= 4 is 12.0 Å². The van der Waals surface area contributed by atoms with Crippen molar-refractivity contribution in [3.8, 4) is 5.75 Å². The van der Waals surface area contributed by atoms with Crippen molar-refractivity contribution in [3.05, 3.63) is 35.9 Å². The van der Waals surface area contributed by atoms with Gasteiger partial charge in [0, 0.05) is 19.2 Å². The Morgan fingerprint density at radius 1 is 1.20 bits per heavy atom. The van der Waals surface area contributed by atoms with E-state index in [0.717, 1.165) is 17.4 Å². The van der Waals surface area contributed by atoms with Crippen molar-refractivity contribution in [1.82, 2.24) is 5.32 Å². The lowest BCUT2D eigenvalue weighted by Crippen LogP contribution is -2.21. The van der Waals surface area contributed by atoms with E-state index in [1.807, 2.05) is 0 Å². The third-order valence-electron chi connectivity index (χ3n) is 2.11. The predicted octanol–water partition coefficient (Wildman–Crippen LogP) is 0.354. The highest BCUT2D eigenvalue weighted by Gasteiger charge is 1.91. The molecule has 0 aliphatic heterocycles. The molecule has 0 bridgehead atoms. The summed E-state index contributed by atoms with van der Waals surface area (Å²) in [5.74, 6) is -0.191. The largest absolute Gasteiger partial charge is 0.497 e. The molecular weight excluding hydrogens is 262 g/mol. The number of hydrogen-bond donors (Lipinski definition) is 4. The molecule has 112 valence electrons. The molecule has 0 radical (unpaired) electrons. The van der Waals surface area contributed by atoms with Gasteiger partial charge in [-0.2, -0.15) is 0 Å². The van der Waals surface area contributed by atoms with Gasteiger partial charge in [-0.25, -0.2) is 4.79 Å². The lowest BCUT2D eigenvalue weighted by molar-refractivity contribution is -0.131. The van der Waals surface area contributed by atoms with Crippen molar-refractivity contribution in [2.24, 2.45) is 0 Å². The first-order valence-corrected chi connectivity index (χ1v) is 6.11. The van der Waals surface area contributed by atoms with E-state index in [0.29, 0.717) is 13.1 Å². The second-order valence-corrected chi connectivity index (χ2v) is 3.64. The molecule has 0 aromatic heterocycles. The molecule has 20 heavy (non-hydrogen) atoms. The first-order valence-electron chi connectivity index (χ1n) is 6.11. The number of benzene rings is 1. The van der Waals surface area contributed by atoms with Crippen LogP contribution in [0, 0.1) is 0 Å². The van der Waals surface area contributed by atoms with Crippen LogP contribution in [-0.2, 0) is 4.79 Å². The normalized spacial score (nSPS) is 9.95. The molecule has 0 aliphatic carbocycles. The molecule has 0 spiro atoms. The standard InChI is InChI=1S/C10H10O3.C4H11NO2/c1-13-9-5-2-8(3-6-9)4-7-10(11)12;6-3-1-5-2-4-7/h2-7H,1H3,(H,11,12);5-7H,1-4H2/b7-4+;. The highest BCUT2D eigenvalue weighted by atomic mass is 16.5. The van der Waals surface area contributed by atoms with Gasteiger partial charge in [-0.3, -0.25) is 0 Å². The third-order valence-corrected chi connectivity index (χ3v) is 2.11. The molecule has 6 nitrogen and oxygen atoms in total. The average molecular weight is 283 g/mol. The number of aliphatic carboxylic acids is 1. The molecule has 6 heteroatoms.